The van der Waals surface area contributed by atoms with Crippen molar-refractivity contribution in [3.05, 3.63) is 50.4 Å². The molecule has 4 nitrogen and oxygen atoms in total. The van der Waals surface area contributed by atoms with Crippen molar-refractivity contribution >= 4 is 0 Å². The molecule has 0 aliphatic rings. The van der Waals surface area contributed by atoms with Crippen molar-refractivity contribution in [3.8, 4) is 5.95 Å². The zero-order valence-electron chi connectivity index (χ0n) is 15.7. The Morgan fingerprint density at radius 2 is 1.83 bits per heavy atom. The standard InChI is InChI=1S/C20H30O4/c1-13(8-7-9-14(2)12-15(3)21)10-11-18-16(4)19(22)17(5)20(23-6)24-18/h10,12,15,21H,7-9,11H2,1-6H3/b13-10+,14-12+/t15-/m1/s1. The minimum Gasteiger partial charge on any atom is -0.468 e. The highest BCUT2D eigenvalue weighted by molar-refractivity contribution is 5.30. The van der Waals surface area contributed by atoms with Gasteiger partial charge in [0.25, 0.3) is 5.95 Å². The van der Waals surface area contributed by atoms with Crippen LogP contribution in [0, 0.1) is 13.8 Å². The maximum Gasteiger partial charge on any atom is 0.291 e. The third-order valence-electron chi connectivity index (χ3n) is 4.11. The number of aliphatic hydroxyl groups excluding tert-OH is 1. The lowest BCUT2D eigenvalue weighted by molar-refractivity contribution is 0.243. The molecule has 1 heterocycles. The summed E-state index contributed by atoms with van der Waals surface area (Å²) >= 11 is 0. The van der Waals surface area contributed by atoms with E-state index in [1.54, 1.807) is 20.8 Å². The Morgan fingerprint density at radius 1 is 1.21 bits per heavy atom. The van der Waals surface area contributed by atoms with Crippen molar-refractivity contribution in [1.29, 1.82) is 0 Å². The van der Waals surface area contributed by atoms with Crippen LogP contribution in [-0.4, -0.2) is 18.3 Å². The lowest BCUT2D eigenvalue weighted by Crippen LogP contribution is -2.13. The molecule has 0 spiro atoms. The Labute approximate surface area is 144 Å². The molecule has 1 aromatic rings. The fourth-order valence-electron chi connectivity index (χ4n) is 2.67. The SMILES string of the molecule is COc1oc(C/C=C(\C)CCC/C(C)=C/[C@@H](C)O)c(C)c(=O)c1C. The van der Waals surface area contributed by atoms with Gasteiger partial charge in [0.05, 0.1) is 18.8 Å². The number of hydrogen-bond donors (Lipinski definition) is 1. The molecule has 0 fully saturated rings. The van der Waals surface area contributed by atoms with Gasteiger partial charge >= 0.3 is 0 Å². The van der Waals surface area contributed by atoms with Gasteiger partial charge in [0.15, 0.2) is 5.43 Å². The van der Waals surface area contributed by atoms with E-state index in [1.807, 2.05) is 13.0 Å². The van der Waals surface area contributed by atoms with Crippen LogP contribution in [0.2, 0.25) is 0 Å². The fraction of sp³-hybridized carbons (Fsp3) is 0.550. The maximum atomic E-state index is 12.2. The number of hydrogen-bond acceptors (Lipinski definition) is 4. The van der Waals surface area contributed by atoms with Gasteiger partial charge in [-0.2, -0.15) is 0 Å². The zero-order chi connectivity index (χ0) is 18.3. The quantitative estimate of drug-likeness (QED) is 0.722. The molecule has 134 valence electrons. The van der Waals surface area contributed by atoms with Crippen LogP contribution in [0.3, 0.4) is 0 Å². The number of rotatable bonds is 8. The summed E-state index contributed by atoms with van der Waals surface area (Å²) in [4.78, 5) is 12.2. The molecule has 0 aromatic carbocycles. The molecule has 0 aliphatic heterocycles. The smallest absolute Gasteiger partial charge is 0.291 e. The Morgan fingerprint density at radius 3 is 2.42 bits per heavy atom. The summed E-state index contributed by atoms with van der Waals surface area (Å²) in [6, 6.07) is 0. The second kappa shape index (κ2) is 9.48. The summed E-state index contributed by atoms with van der Waals surface area (Å²) in [6.07, 6.45) is 7.19. The van der Waals surface area contributed by atoms with Crippen molar-refractivity contribution in [1.82, 2.24) is 0 Å². The zero-order valence-corrected chi connectivity index (χ0v) is 15.7. The molecule has 0 unspecified atom stereocenters. The van der Waals surface area contributed by atoms with Gasteiger partial charge in [-0.25, -0.2) is 0 Å². The first-order chi connectivity index (χ1) is 11.3. The molecule has 1 aromatic heterocycles. The highest BCUT2D eigenvalue weighted by atomic mass is 16.6. The summed E-state index contributed by atoms with van der Waals surface area (Å²) in [5, 5.41) is 9.32. The fourth-order valence-corrected chi connectivity index (χ4v) is 2.67. The van der Waals surface area contributed by atoms with E-state index in [9.17, 15) is 9.90 Å². The first-order valence-corrected chi connectivity index (χ1v) is 8.44. The van der Waals surface area contributed by atoms with E-state index in [-0.39, 0.29) is 11.5 Å². The summed E-state index contributed by atoms with van der Waals surface area (Å²) in [7, 11) is 1.51. The van der Waals surface area contributed by atoms with E-state index >= 15 is 0 Å². The average molecular weight is 334 g/mol. The van der Waals surface area contributed by atoms with Crippen molar-refractivity contribution in [2.24, 2.45) is 0 Å². The molecular formula is C20H30O4. The first kappa shape index (κ1) is 20.2. The predicted octanol–water partition coefficient (Wildman–Crippen LogP) is 4.25. The topological polar surface area (TPSA) is 59.7 Å². The molecule has 4 heteroatoms. The summed E-state index contributed by atoms with van der Waals surface area (Å²) < 4.78 is 10.8. The van der Waals surface area contributed by atoms with Gasteiger partial charge in [-0.3, -0.25) is 4.79 Å². The van der Waals surface area contributed by atoms with Gasteiger partial charge in [0.1, 0.15) is 5.76 Å². The van der Waals surface area contributed by atoms with Crippen LogP contribution < -0.4 is 10.2 Å². The molecule has 0 amide bonds. The van der Waals surface area contributed by atoms with Gasteiger partial charge < -0.3 is 14.3 Å². The van der Waals surface area contributed by atoms with Crippen LogP contribution in [0.5, 0.6) is 5.95 Å². The van der Waals surface area contributed by atoms with Crippen molar-refractivity contribution in [3.63, 3.8) is 0 Å². The lowest BCUT2D eigenvalue weighted by atomic mass is 10.0. The minimum atomic E-state index is -0.385. The monoisotopic (exact) mass is 334 g/mol. The third kappa shape index (κ3) is 6.00. The lowest BCUT2D eigenvalue weighted by Gasteiger charge is -2.08. The van der Waals surface area contributed by atoms with Gasteiger partial charge in [-0.1, -0.05) is 23.3 Å². The molecule has 0 radical (unpaired) electrons. The molecule has 0 bridgehead atoms. The van der Waals surface area contributed by atoms with Crippen molar-refractivity contribution in [2.75, 3.05) is 7.11 Å². The van der Waals surface area contributed by atoms with Crippen LogP contribution in [0.1, 0.15) is 56.9 Å². The van der Waals surface area contributed by atoms with Crippen LogP contribution in [0.25, 0.3) is 0 Å². The van der Waals surface area contributed by atoms with Crippen molar-refractivity contribution < 1.29 is 14.3 Å². The molecule has 24 heavy (non-hydrogen) atoms. The summed E-state index contributed by atoms with van der Waals surface area (Å²) in [5.74, 6) is 0.956. The number of allylic oxidation sites excluding steroid dienone is 3. The second-order valence-electron chi connectivity index (χ2n) is 6.46. The highest BCUT2D eigenvalue weighted by Crippen LogP contribution is 2.20. The normalized spacial score (nSPS) is 14.0. The maximum absolute atomic E-state index is 12.2. The summed E-state index contributed by atoms with van der Waals surface area (Å²) in [6.45, 7) is 9.40. The Hall–Kier alpha value is -1.81. The molecular weight excluding hydrogens is 304 g/mol. The number of methoxy groups -OCH3 is 1. The van der Waals surface area contributed by atoms with Gasteiger partial charge in [0, 0.05) is 12.0 Å². The molecule has 1 N–H and O–H groups in total. The van der Waals surface area contributed by atoms with Gasteiger partial charge in [-0.05, 0) is 53.9 Å². The Kier molecular flexibility index (Phi) is 7.99. The molecule has 0 saturated heterocycles. The minimum absolute atomic E-state index is 0.0157. The van der Waals surface area contributed by atoms with Crippen LogP contribution >= 0.6 is 0 Å². The van der Waals surface area contributed by atoms with Gasteiger partial charge in [0.2, 0.25) is 0 Å². The van der Waals surface area contributed by atoms with E-state index in [0.29, 0.717) is 29.3 Å². The molecule has 1 atom stereocenters. The van der Waals surface area contributed by atoms with Crippen LogP contribution in [-0.2, 0) is 6.42 Å². The number of ether oxygens (including phenoxy) is 1. The summed E-state index contributed by atoms with van der Waals surface area (Å²) in [5.41, 5.74) is 3.62. The molecule has 0 saturated carbocycles. The van der Waals surface area contributed by atoms with E-state index in [0.717, 1.165) is 19.3 Å². The van der Waals surface area contributed by atoms with Crippen LogP contribution in [0.4, 0.5) is 0 Å². The van der Waals surface area contributed by atoms with E-state index in [4.69, 9.17) is 9.15 Å². The van der Waals surface area contributed by atoms with Crippen molar-refractivity contribution in [2.45, 2.75) is 66.4 Å². The van der Waals surface area contributed by atoms with Gasteiger partial charge in [-0.15, -0.1) is 0 Å². The predicted molar refractivity (Wildman–Crippen MR) is 97.8 cm³/mol. The Balaban J connectivity index is 2.69. The van der Waals surface area contributed by atoms with Crippen LogP contribution in [0.15, 0.2) is 32.5 Å². The third-order valence-corrected chi connectivity index (χ3v) is 4.11. The molecule has 1 rings (SSSR count). The number of aliphatic hydroxyl groups is 1. The average Bonchev–Trinajstić information content (AvgIpc) is 2.51. The molecule has 0 aliphatic carbocycles. The first-order valence-electron chi connectivity index (χ1n) is 8.44. The van der Waals surface area contributed by atoms with E-state index < -0.39 is 0 Å². The van der Waals surface area contributed by atoms with E-state index in [1.165, 1.54) is 18.3 Å². The largest absolute Gasteiger partial charge is 0.468 e. The second-order valence-corrected chi connectivity index (χ2v) is 6.46. The Bertz CT molecular complexity index is 663. The van der Waals surface area contributed by atoms with E-state index in [2.05, 4.69) is 13.0 Å². The highest BCUT2D eigenvalue weighted by Gasteiger charge is 2.13.